The van der Waals surface area contributed by atoms with Crippen molar-refractivity contribution in [3.05, 3.63) is 59.7 Å². The van der Waals surface area contributed by atoms with Crippen molar-refractivity contribution in [3.8, 4) is 5.75 Å². The van der Waals surface area contributed by atoms with Crippen LogP contribution in [0, 0.1) is 0 Å². The van der Waals surface area contributed by atoms with Gasteiger partial charge in [0.15, 0.2) is 5.11 Å². The maximum absolute atomic E-state index is 12.1. The SMILES string of the molecule is CCNC(=O)c1ccc(NC(=S)NC(=O)c2ccc(OC)cc2)cc1. The van der Waals surface area contributed by atoms with Gasteiger partial charge in [0.2, 0.25) is 0 Å². The molecule has 0 spiro atoms. The fourth-order valence-electron chi connectivity index (χ4n) is 2.05. The summed E-state index contributed by atoms with van der Waals surface area (Å²) >= 11 is 5.14. The summed E-state index contributed by atoms with van der Waals surface area (Å²) in [4.78, 5) is 23.8. The van der Waals surface area contributed by atoms with E-state index in [1.165, 1.54) is 0 Å². The zero-order chi connectivity index (χ0) is 18.2. The summed E-state index contributed by atoms with van der Waals surface area (Å²) < 4.78 is 5.05. The number of ether oxygens (including phenoxy) is 1. The number of methoxy groups -OCH3 is 1. The van der Waals surface area contributed by atoms with Crippen molar-refractivity contribution >= 4 is 34.8 Å². The molecule has 0 aliphatic heterocycles. The number of rotatable bonds is 5. The molecule has 0 atom stereocenters. The van der Waals surface area contributed by atoms with E-state index >= 15 is 0 Å². The second-order valence-corrected chi connectivity index (χ2v) is 5.48. The van der Waals surface area contributed by atoms with E-state index < -0.39 is 0 Å². The minimum atomic E-state index is -0.320. The maximum Gasteiger partial charge on any atom is 0.257 e. The van der Waals surface area contributed by atoms with E-state index in [4.69, 9.17) is 17.0 Å². The highest BCUT2D eigenvalue weighted by atomic mass is 32.1. The van der Waals surface area contributed by atoms with Crippen molar-refractivity contribution in [1.29, 1.82) is 0 Å². The second kappa shape index (κ2) is 8.79. The molecule has 0 heterocycles. The van der Waals surface area contributed by atoms with E-state index in [0.29, 0.717) is 29.1 Å². The first-order valence-corrected chi connectivity index (χ1v) is 8.09. The van der Waals surface area contributed by atoms with E-state index in [1.54, 1.807) is 55.6 Å². The minimum Gasteiger partial charge on any atom is -0.497 e. The minimum absolute atomic E-state index is 0.135. The zero-order valence-corrected chi connectivity index (χ0v) is 14.8. The molecule has 7 heteroatoms. The maximum atomic E-state index is 12.1. The topological polar surface area (TPSA) is 79.5 Å². The molecule has 25 heavy (non-hydrogen) atoms. The number of nitrogens with one attached hydrogen (secondary N) is 3. The van der Waals surface area contributed by atoms with Crippen molar-refractivity contribution in [2.45, 2.75) is 6.92 Å². The van der Waals surface area contributed by atoms with Crippen LogP contribution in [-0.4, -0.2) is 30.6 Å². The quantitative estimate of drug-likeness (QED) is 0.717. The predicted octanol–water partition coefficient (Wildman–Crippen LogP) is 2.57. The molecule has 2 aromatic carbocycles. The number of hydrogen-bond donors (Lipinski definition) is 3. The predicted molar refractivity (Wildman–Crippen MR) is 101 cm³/mol. The molecule has 0 radical (unpaired) electrons. The molecule has 0 saturated heterocycles. The van der Waals surface area contributed by atoms with E-state index in [2.05, 4.69) is 16.0 Å². The molecular formula is C18H19N3O3S. The Morgan fingerprint density at radius 2 is 1.52 bits per heavy atom. The molecule has 0 aliphatic carbocycles. The number of carbonyl (C=O) groups is 2. The number of benzene rings is 2. The van der Waals surface area contributed by atoms with Gasteiger partial charge in [0, 0.05) is 23.4 Å². The molecule has 2 amide bonds. The number of carbonyl (C=O) groups excluding carboxylic acids is 2. The van der Waals surface area contributed by atoms with Crippen LogP contribution >= 0.6 is 12.2 Å². The lowest BCUT2D eigenvalue weighted by atomic mass is 10.2. The number of amides is 2. The molecule has 3 N–H and O–H groups in total. The average molecular weight is 357 g/mol. The molecule has 2 rings (SSSR count). The lowest BCUT2D eigenvalue weighted by Gasteiger charge is -2.10. The molecule has 0 aliphatic rings. The molecule has 0 unspecified atom stereocenters. The summed E-state index contributed by atoms with van der Waals surface area (Å²) in [5, 5.41) is 8.40. The fourth-order valence-corrected chi connectivity index (χ4v) is 2.26. The van der Waals surface area contributed by atoms with Gasteiger partial charge >= 0.3 is 0 Å². The van der Waals surface area contributed by atoms with Crippen molar-refractivity contribution < 1.29 is 14.3 Å². The van der Waals surface area contributed by atoms with E-state index in [-0.39, 0.29) is 16.9 Å². The first-order valence-electron chi connectivity index (χ1n) is 7.68. The first kappa shape index (κ1) is 18.4. The van der Waals surface area contributed by atoms with Gasteiger partial charge in [-0.2, -0.15) is 0 Å². The van der Waals surface area contributed by atoms with Crippen LogP contribution in [0.4, 0.5) is 5.69 Å². The smallest absolute Gasteiger partial charge is 0.257 e. The third-order valence-corrected chi connectivity index (χ3v) is 3.53. The van der Waals surface area contributed by atoms with Crippen LogP contribution < -0.4 is 20.7 Å². The lowest BCUT2D eigenvalue weighted by molar-refractivity contribution is 0.0953. The summed E-state index contributed by atoms with van der Waals surface area (Å²) in [5.41, 5.74) is 1.70. The van der Waals surface area contributed by atoms with Crippen LogP contribution in [0.25, 0.3) is 0 Å². The molecule has 0 bridgehead atoms. The van der Waals surface area contributed by atoms with Crippen LogP contribution in [0.15, 0.2) is 48.5 Å². The van der Waals surface area contributed by atoms with Crippen LogP contribution in [-0.2, 0) is 0 Å². The van der Waals surface area contributed by atoms with Crippen molar-refractivity contribution in [2.75, 3.05) is 19.0 Å². The fraction of sp³-hybridized carbons (Fsp3) is 0.167. The highest BCUT2D eigenvalue weighted by molar-refractivity contribution is 7.80. The van der Waals surface area contributed by atoms with Gasteiger partial charge in [-0.15, -0.1) is 0 Å². The van der Waals surface area contributed by atoms with Crippen molar-refractivity contribution in [2.24, 2.45) is 0 Å². The highest BCUT2D eigenvalue weighted by Crippen LogP contribution is 2.12. The Morgan fingerprint density at radius 1 is 0.960 bits per heavy atom. The Bertz CT molecular complexity index is 758. The summed E-state index contributed by atoms with van der Waals surface area (Å²) in [7, 11) is 1.56. The highest BCUT2D eigenvalue weighted by Gasteiger charge is 2.09. The van der Waals surface area contributed by atoms with Gasteiger partial charge in [-0.25, -0.2) is 0 Å². The largest absolute Gasteiger partial charge is 0.497 e. The molecule has 0 saturated carbocycles. The Kier molecular flexibility index (Phi) is 6.47. The van der Waals surface area contributed by atoms with Gasteiger partial charge in [-0.05, 0) is 67.7 Å². The summed E-state index contributed by atoms with van der Waals surface area (Å²) in [6, 6.07) is 13.5. The van der Waals surface area contributed by atoms with Gasteiger partial charge < -0.3 is 15.4 Å². The Labute approximate surface area is 151 Å². The van der Waals surface area contributed by atoms with Crippen LogP contribution in [0.3, 0.4) is 0 Å². The normalized spacial score (nSPS) is 9.84. The molecule has 0 aromatic heterocycles. The number of anilines is 1. The van der Waals surface area contributed by atoms with Gasteiger partial charge in [0.25, 0.3) is 11.8 Å². The molecular weight excluding hydrogens is 338 g/mol. The Morgan fingerprint density at radius 3 is 2.08 bits per heavy atom. The number of hydrogen-bond acceptors (Lipinski definition) is 4. The molecule has 0 fully saturated rings. The number of thiocarbonyl (C=S) groups is 1. The Balaban J connectivity index is 1.92. The van der Waals surface area contributed by atoms with E-state index in [1.807, 2.05) is 6.92 Å². The Hall–Kier alpha value is -2.93. The van der Waals surface area contributed by atoms with Gasteiger partial charge in [0.1, 0.15) is 5.75 Å². The van der Waals surface area contributed by atoms with Gasteiger partial charge in [-0.1, -0.05) is 0 Å². The zero-order valence-electron chi connectivity index (χ0n) is 14.0. The van der Waals surface area contributed by atoms with Crippen LogP contribution in [0.2, 0.25) is 0 Å². The lowest BCUT2D eigenvalue weighted by Crippen LogP contribution is -2.34. The summed E-state index contributed by atoms with van der Waals surface area (Å²) in [5.74, 6) is 0.216. The van der Waals surface area contributed by atoms with Crippen molar-refractivity contribution in [3.63, 3.8) is 0 Å². The third-order valence-electron chi connectivity index (χ3n) is 3.32. The molecule has 130 valence electrons. The van der Waals surface area contributed by atoms with E-state index in [9.17, 15) is 9.59 Å². The third kappa shape index (κ3) is 5.29. The first-order chi connectivity index (χ1) is 12.0. The van der Waals surface area contributed by atoms with E-state index in [0.717, 1.165) is 0 Å². The van der Waals surface area contributed by atoms with Crippen LogP contribution in [0.1, 0.15) is 27.6 Å². The summed E-state index contributed by atoms with van der Waals surface area (Å²) in [6.45, 7) is 2.43. The second-order valence-electron chi connectivity index (χ2n) is 5.07. The molecule has 6 nitrogen and oxygen atoms in total. The monoisotopic (exact) mass is 357 g/mol. The van der Waals surface area contributed by atoms with Gasteiger partial charge in [-0.3, -0.25) is 14.9 Å². The summed E-state index contributed by atoms with van der Waals surface area (Å²) in [6.07, 6.45) is 0. The van der Waals surface area contributed by atoms with Gasteiger partial charge in [0.05, 0.1) is 7.11 Å². The average Bonchev–Trinajstić information content (AvgIpc) is 2.62. The standard InChI is InChI=1S/C18H19N3O3S/c1-3-19-16(22)12-4-8-14(9-5-12)20-18(25)21-17(23)13-6-10-15(24-2)11-7-13/h4-11H,3H2,1-2H3,(H,19,22)(H2,20,21,23,25). The van der Waals surface area contributed by atoms with Crippen molar-refractivity contribution in [1.82, 2.24) is 10.6 Å². The molecule has 2 aromatic rings. The van der Waals surface area contributed by atoms with Crippen LogP contribution in [0.5, 0.6) is 5.75 Å².